The number of sulfonamides is 1. The van der Waals surface area contributed by atoms with Crippen LogP contribution in [0.5, 0.6) is 0 Å². The highest BCUT2D eigenvalue weighted by molar-refractivity contribution is 7.89. The Labute approximate surface area is 138 Å². The average molecular weight is 353 g/mol. The molecule has 7 nitrogen and oxygen atoms in total. The molecule has 0 saturated heterocycles. The Morgan fingerprint density at radius 1 is 1.35 bits per heavy atom. The van der Waals surface area contributed by atoms with Crippen LogP contribution in [0.25, 0.3) is 0 Å². The van der Waals surface area contributed by atoms with Gasteiger partial charge in [-0.05, 0) is 24.3 Å². The number of benzene rings is 1. The molecule has 1 aromatic heterocycles. The second-order valence-corrected chi connectivity index (χ2v) is 7.42. The van der Waals surface area contributed by atoms with Crippen LogP contribution < -0.4 is 0 Å². The first kappa shape index (κ1) is 16.0. The molecule has 0 bridgehead atoms. The predicted molar refractivity (Wildman–Crippen MR) is 81.9 cm³/mol. The van der Waals surface area contributed by atoms with E-state index in [0.717, 1.165) is 0 Å². The summed E-state index contributed by atoms with van der Waals surface area (Å²) in [6.45, 7) is 0.639. The van der Waals surface area contributed by atoms with Crippen LogP contribution in [0, 0.1) is 11.3 Å². The van der Waals surface area contributed by atoms with E-state index in [0.29, 0.717) is 23.5 Å². The number of nitrogens with zero attached hydrogens (tertiary/aromatic N) is 4. The van der Waals surface area contributed by atoms with Crippen molar-refractivity contribution in [2.45, 2.75) is 24.6 Å². The summed E-state index contributed by atoms with van der Waals surface area (Å²) in [6.07, 6.45) is 0. The maximum absolute atomic E-state index is 12.8. The molecule has 1 aliphatic heterocycles. The molecule has 120 valence electrons. The van der Waals surface area contributed by atoms with Crippen molar-refractivity contribution in [2.75, 3.05) is 6.54 Å². The van der Waals surface area contributed by atoms with Crippen molar-refractivity contribution in [2.24, 2.45) is 0 Å². The summed E-state index contributed by atoms with van der Waals surface area (Å²) >= 11 is 6.03. The quantitative estimate of drug-likeness (QED) is 0.891. The predicted octanol–water partition coefficient (Wildman–Crippen LogP) is 1.10. The van der Waals surface area contributed by atoms with Crippen molar-refractivity contribution >= 4 is 21.6 Å². The van der Waals surface area contributed by atoms with Gasteiger partial charge in [0.05, 0.1) is 47.7 Å². The van der Waals surface area contributed by atoms with Crippen LogP contribution in [0.4, 0.5) is 0 Å². The summed E-state index contributed by atoms with van der Waals surface area (Å²) in [5.41, 5.74) is 1.53. The number of hydrogen-bond donors (Lipinski definition) is 1. The van der Waals surface area contributed by atoms with Crippen LogP contribution in [0.2, 0.25) is 5.02 Å². The molecular weight excluding hydrogens is 340 g/mol. The van der Waals surface area contributed by atoms with Crippen LogP contribution in [0.1, 0.15) is 17.0 Å². The Hall–Kier alpha value is -1.92. The maximum atomic E-state index is 12.8. The fourth-order valence-electron chi connectivity index (χ4n) is 2.50. The topological polar surface area (TPSA) is 99.2 Å². The molecule has 1 N–H and O–H groups in total. The van der Waals surface area contributed by atoms with Gasteiger partial charge in [0, 0.05) is 6.54 Å². The first-order chi connectivity index (χ1) is 11.0. The van der Waals surface area contributed by atoms with Crippen molar-refractivity contribution in [3.63, 3.8) is 0 Å². The number of aromatic nitrogens is 2. The third kappa shape index (κ3) is 2.84. The number of rotatable bonds is 3. The van der Waals surface area contributed by atoms with E-state index in [9.17, 15) is 8.42 Å². The number of aliphatic hydroxyl groups excluding tert-OH is 1. The minimum atomic E-state index is -3.77. The molecule has 0 saturated carbocycles. The van der Waals surface area contributed by atoms with Gasteiger partial charge in [0.25, 0.3) is 0 Å². The highest BCUT2D eigenvalue weighted by atomic mass is 35.5. The lowest BCUT2D eigenvalue weighted by Gasteiger charge is -2.27. The van der Waals surface area contributed by atoms with Gasteiger partial charge in [-0.1, -0.05) is 11.6 Å². The molecule has 2 heterocycles. The molecule has 3 rings (SSSR count). The van der Waals surface area contributed by atoms with Gasteiger partial charge < -0.3 is 5.11 Å². The van der Waals surface area contributed by atoms with Gasteiger partial charge in [-0.2, -0.15) is 14.7 Å². The summed E-state index contributed by atoms with van der Waals surface area (Å²) < 4.78 is 28.6. The smallest absolute Gasteiger partial charge is 0.244 e. The van der Waals surface area contributed by atoms with Gasteiger partial charge in [-0.15, -0.1) is 0 Å². The minimum absolute atomic E-state index is 0.0199. The van der Waals surface area contributed by atoms with E-state index in [1.807, 2.05) is 6.07 Å². The summed E-state index contributed by atoms with van der Waals surface area (Å²) in [6, 6.07) is 7.72. The Morgan fingerprint density at radius 3 is 2.78 bits per heavy atom. The molecule has 0 fully saturated rings. The first-order valence-electron chi connectivity index (χ1n) is 6.82. The van der Waals surface area contributed by atoms with Gasteiger partial charge in [-0.25, -0.2) is 8.42 Å². The van der Waals surface area contributed by atoms with Crippen LogP contribution in [0.3, 0.4) is 0 Å². The van der Waals surface area contributed by atoms with E-state index in [1.165, 1.54) is 22.5 Å². The Balaban J connectivity index is 1.93. The average Bonchev–Trinajstić information content (AvgIpc) is 2.96. The second-order valence-electron chi connectivity index (χ2n) is 5.10. The van der Waals surface area contributed by atoms with Gasteiger partial charge in [0.2, 0.25) is 10.0 Å². The molecule has 0 spiro atoms. The molecule has 0 amide bonds. The van der Waals surface area contributed by atoms with Crippen LogP contribution >= 0.6 is 11.6 Å². The van der Waals surface area contributed by atoms with E-state index < -0.39 is 10.0 Å². The maximum Gasteiger partial charge on any atom is 0.244 e. The number of hydrogen-bond acceptors (Lipinski definition) is 5. The van der Waals surface area contributed by atoms with Crippen molar-refractivity contribution in [1.29, 1.82) is 5.26 Å². The van der Waals surface area contributed by atoms with Crippen molar-refractivity contribution in [1.82, 2.24) is 14.1 Å². The molecule has 2 aromatic rings. The van der Waals surface area contributed by atoms with E-state index in [4.69, 9.17) is 22.0 Å². The Morgan fingerprint density at radius 2 is 2.13 bits per heavy atom. The van der Waals surface area contributed by atoms with E-state index in [2.05, 4.69) is 5.10 Å². The normalized spacial score (nSPS) is 15.2. The number of nitriles is 1. The van der Waals surface area contributed by atoms with Gasteiger partial charge in [0.1, 0.15) is 4.90 Å². The number of fused-ring (bicyclic) bond motifs is 1. The third-order valence-electron chi connectivity index (χ3n) is 3.65. The lowest BCUT2D eigenvalue weighted by atomic mass is 10.2. The summed E-state index contributed by atoms with van der Waals surface area (Å²) in [7, 11) is -3.77. The zero-order valence-corrected chi connectivity index (χ0v) is 13.5. The standard InChI is InChI=1S/C14H13ClN4O3S/c15-13-5-10(7-16)1-2-14(13)23(21,22)18-3-4-19-12(8-18)6-11(9-20)17-19/h1-2,5-6,20H,3-4,8-9H2. The molecule has 0 atom stereocenters. The molecule has 0 unspecified atom stereocenters. The molecule has 0 radical (unpaired) electrons. The zero-order valence-electron chi connectivity index (χ0n) is 12.0. The van der Waals surface area contributed by atoms with E-state index in [-0.39, 0.29) is 29.6 Å². The van der Waals surface area contributed by atoms with Gasteiger partial charge in [-0.3, -0.25) is 4.68 Å². The number of aliphatic hydroxyl groups is 1. The fraction of sp³-hybridized carbons (Fsp3) is 0.286. The molecule has 9 heteroatoms. The van der Waals surface area contributed by atoms with Crippen molar-refractivity contribution in [3.8, 4) is 6.07 Å². The van der Waals surface area contributed by atoms with Crippen LogP contribution in [-0.4, -0.2) is 34.2 Å². The lowest BCUT2D eigenvalue weighted by molar-refractivity contribution is 0.273. The summed E-state index contributed by atoms with van der Waals surface area (Å²) in [4.78, 5) is -0.0199. The lowest BCUT2D eigenvalue weighted by Crippen LogP contribution is -2.38. The third-order valence-corrected chi connectivity index (χ3v) is 5.98. The minimum Gasteiger partial charge on any atom is -0.390 e. The fourth-order valence-corrected chi connectivity index (χ4v) is 4.42. The summed E-state index contributed by atoms with van der Waals surface area (Å²) in [5.74, 6) is 0. The van der Waals surface area contributed by atoms with Gasteiger partial charge in [0.15, 0.2) is 0 Å². The van der Waals surface area contributed by atoms with Gasteiger partial charge >= 0.3 is 0 Å². The highest BCUT2D eigenvalue weighted by Gasteiger charge is 2.30. The van der Waals surface area contributed by atoms with Crippen LogP contribution in [0.15, 0.2) is 29.2 Å². The molecule has 1 aliphatic rings. The molecule has 1 aromatic carbocycles. The van der Waals surface area contributed by atoms with E-state index >= 15 is 0 Å². The SMILES string of the molecule is N#Cc1ccc(S(=O)(=O)N2CCn3nc(CO)cc3C2)c(Cl)c1. The molecule has 0 aliphatic carbocycles. The van der Waals surface area contributed by atoms with Crippen molar-refractivity contribution in [3.05, 3.63) is 46.2 Å². The number of halogens is 1. The van der Waals surface area contributed by atoms with Crippen LogP contribution in [-0.2, 0) is 29.7 Å². The molecule has 23 heavy (non-hydrogen) atoms. The van der Waals surface area contributed by atoms with E-state index in [1.54, 1.807) is 10.7 Å². The highest BCUT2D eigenvalue weighted by Crippen LogP contribution is 2.28. The first-order valence-corrected chi connectivity index (χ1v) is 8.64. The Kier molecular flexibility index (Phi) is 4.12. The molecular formula is C14H13ClN4O3S. The van der Waals surface area contributed by atoms with Crippen molar-refractivity contribution < 1.29 is 13.5 Å². The zero-order chi connectivity index (χ0) is 16.6. The largest absolute Gasteiger partial charge is 0.390 e. The summed E-state index contributed by atoms with van der Waals surface area (Å²) in [5, 5.41) is 22.2. The Bertz CT molecular complexity index is 901. The monoisotopic (exact) mass is 352 g/mol. The second kappa shape index (κ2) is 5.94.